The van der Waals surface area contributed by atoms with Crippen LogP contribution in [0.15, 0.2) is 0 Å². The van der Waals surface area contributed by atoms with E-state index in [1.54, 1.807) is 0 Å². The van der Waals surface area contributed by atoms with Crippen molar-refractivity contribution in [1.29, 1.82) is 0 Å². The van der Waals surface area contributed by atoms with Crippen LogP contribution in [0, 0.1) is 0 Å². The van der Waals surface area contributed by atoms with E-state index in [1.807, 2.05) is 0 Å². The van der Waals surface area contributed by atoms with Gasteiger partial charge in [-0.3, -0.25) is 4.79 Å². The SMILES string of the molecule is COC(=O)[C@@H]1C[C@@H](I)CN1. The molecule has 1 rings (SSSR count). The van der Waals surface area contributed by atoms with Crippen molar-refractivity contribution in [3.63, 3.8) is 0 Å². The molecule has 1 N–H and O–H groups in total. The molecule has 0 unspecified atom stereocenters. The molecule has 0 saturated carbocycles. The molecule has 1 aliphatic heterocycles. The molecule has 0 bridgehead atoms. The van der Waals surface area contributed by atoms with E-state index in [-0.39, 0.29) is 12.0 Å². The number of ether oxygens (including phenoxy) is 1. The third kappa shape index (κ3) is 1.82. The maximum absolute atomic E-state index is 10.9. The normalized spacial score (nSPS) is 32.2. The molecule has 0 spiro atoms. The van der Waals surface area contributed by atoms with Crippen LogP contribution in [0.4, 0.5) is 0 Å². The highest BCUT2D eigenvalue weighted by molar-refractivity contribution is 14.1. The number of hydrogen-bond acceptors (Lipinski definition) is 3. The van der Waals surface area contributed by atoms with Crippen molar-refractivity contribution in [3.05, 3.63) is 0 Å². The highest BCUT2D eigenvalue weighted by Gasteiger charge is 2.27. The Morgan fingerprint density at radius 1 is 1.80 bits per heavy atom. The Balaban J connectivity index is 2.37. The minimum absolute atomic E-state index is 0.0631. The zero-order valence-corrected chi connectivity index (χ0v) is 7.92. The summed E-state index contributed by atoms with van der Waals surface area (Å²) in [6.45, 7) is 0.917. The van der Waals surface area contributed by atoms with Crippen LogP contribution in [0.2, 0.25) is 0 Å². The summed E-state index contributed by atoms with van der Waals surface area (Å²) in [7, 11) is 1.42. The lowest BCUT2D eigenvalue weighted by Gasteiger charge is -2.05. The largest absolute Gasteiger partial charge is 0.468 e. The maximum Gasteiger partial charge on any atom is 0.322 e. The summed E-state index contributed by atoms with van der Waals surface area (Å²) in [5.74, 6) is -0.140. The van der Waals surface area contributed by atoms with E-state index < -0.39 is 0 Å². The molecular weight excluding hydrogens is 245 g/mol. The summed E-state index contributed by atoms with van der Waals surface area (Å²) < 4.78 is 5.15. The van der Waals surface area contributed by atoms with Gasteiger partial charge in [0.2, 0.25) is 0 Å². The van der Waals surface area contributed by atoms with Gasteiger partial charge in [0, 0.05) is 10.5 Å². The van der Waals surface area contributed by atoms with Gasteiger partial charge in [-0.15, -0.1) is 0 Å². The third-order valence-electron chi connectivity index (χ3n) is 1.56. The summed E-state index contributed by atoms with van der Waals surface area (Å²) in [6.07, 6.45) is 0.896. The average molecular weight is 255 g/mol. The molecule has 0 aromatic heterocycles. The van der Waals surface area contributed by atoms with Gasteiger partial charge in [-0.1, -0.05) is 22.6 Å². The molecule has 1 fully saturated rings. The minimum atomic E-state index is -0.140. The molecule has 0 aromatic carbocycles. The predicted molar refractivity (Wildman–Crippen MR) is 46.2 cm³/mol. The Morgan fingerprint density at radius 3 is 2.90 bits per heavy atom. The van der Waals surface area contributed by atoms with Crippen LogP contribution in [0.3, 0.4) is 0 Å². The molecule has 0 aliphatic carbocycles. The van der Waals surface area contributed by atoms with Crippen LogP contribution < -0.4 is 5.32 Å². The van der Waals surface area contributed by atoms with Crippen LogP contribution in [0.25, 0.3) is 0 Å². The van der Waals surface area contributed by atoms with Crippen molar-refractivity contribution >= 4 is 28.6 Å². The zero-order chi connectivity index (χ0) is 7.56. The Kier molecular flexibility index (Phi) is 2.91. The Morgan fingerprint density at radius 2 is 2.50 bits per heavy atom. The van der Waals surface area contributed by atoms with Crippen LogP contribution in [-0.4, -0.2) is 29.6 Å². The predicted octanol–water partition coefficient (Wildman–Crippen LogP) is 0.325. The quantitative estimate of drug-likeness (QED) is 0.416. The number of halogens is 1. The molecule has 0 radical (unpaired) electrons. The van der Waals surface area contributed by atoms with Crippen LogP contribution in [0.1, 0.15) is 6.42 Å². The Labute approximate surface area is 73.6 Å². The van der Waals surface area contributed by atoms with Gasteiger partial charge in [0.1, 0.15) is 6.04 Å². The first-order valence-corrected chi connectivity index (χ1v) is 4.44. The van der Waals surface area contributed by atoms with Crippen molar-refractivity contribution in [2.45, 2.75) is 16.4 Å². The highest BCUT2D eigenvalue weighted by atomic mass is 127. The van der Waals surface area contributed by atoms with Crippen molar-refractivity contribution in [3.8, 4) is 0 Å². The van der Waals surface area contributed by atoms with Crippen LogP contribution in [0.5, 0.6) is 0 Å². The molecule has 4 heteroatoms. The number of esters is 1. The van der Waals surface area contributed by atoms with Gasteiger partial charge in [0.15, 0.2) is 0 Å². The van der Waals surface area contributed by atoms with Crippen molar-refractivity contribution < 1.29 is 9.53 Å². The average Bonchev–Trinajstić information content (AvgIpc) is 2.34. The first-order valence-electron chi connectivity index (χ1n) is 3.19. The molecule has 3 nitrogen and oxygen atoms in total. The van der Waals surface area contributed by atoms with Crippen molar-refractivity contribution in [1.82, 2.24) is 5.32 Å². The van der Waals surface area contributed by atoms with E-state index in [2.05, 4.69) is 32.6 Å². The number of carbonyl (C=O) groups excluding carboxylic acids is 1. The summed E-state index contributed by atoms with van der Waals surface area (Å²) in [4.78, 5) is 10.9. The lowest BCUT2D eigenvalue weighted by molar-refractivity contribution is -0.142. The van der Waals surface area contributed by atoms with Gasteiger partial charge in [0.25, 0.3) is 0 Å². The van der Waals surface area contributed by atoms with Crippen molar-refractivity contribution in [2.75, 3.05) is 13.7 Å². The second-order valence-electron chi connectivity index (χ2n) is 2.32. The number of carbonyl (C=O) groups is 1. The minimum Gasteiger partial charge on any atom is -0.468 e. The fourth-order valence-electron chi connectivity index (χ4n) is 1.01. The standard InChI is InChI=1S/C6H10INO2/c1-10-6(9)5-2-4(7)3-8-5/h4-5,8H,2-3H2,1H3/t4-,5+/m1/s1. The van der Waals surface area contributed by atoms with Gasteiger partial charge in [-0.2, -0.15) is 0 Å². The summed E-state index contributed by atoms with van der Waals surface area (Å²) in [5, 5.41) is 3.08. The number of nitrogens with one attached hydrogen (secondary N) is 1. The van der Waals surface area contributed by atoms with Crippen LogP contribution >= 0.6 is 22.6 Å². The second-order valence-corrected chi connectivity index (χ2v) is 4.08. The maximum atomic E-state index is 10.9. The van der Waals surface area contributed by atoms with Gasteiger partial charge in [-0.25, -0.2) is 0 Å². The molecule has 1 saturated heterocycles. The van der Waals surface area contributed by atoms with Gasteiger partial charge in [-0.05, 0) is 6.42 Å². The molecule has 10 heavy (non-hydrogen) atoms. The van der Waals surface area contributed by atoms with Gasteiger partial charge in [0.05, 0.1) is 7.11 Å². The fraction of sp³-hybridized carbons (Fsp3) is 0.833. The highest BCUT2D eigenvalue weighted by Crippen LogP contribution is 2.15. The van der Waals surface area contributed by atoms with Gasteiger partial charge >= 0.3 is 5.97 Å². The number of hydrogen-bond donors (Lipinski definition) is 1. The van der Waals surface area contributed by atoms with E-state index >= 15 is 0 Å². The zero-order valence-electron chi connectivity index (χ0n) is 5.76. The lowest BCUT2D eigenvalue weighted by atomic mass is 10.2. The van der Waals surface area contributed by atoms with E-state index in [1.165, 1.54) is 7.11 Å². The number of alkyl halides is 1. The fourth-order valence-corrected chi connectivity index (χ4v) is 1.78. The Hall–Kier alpha value is 0.160. The topological polar surface area (TPSA) is 38.3 Å². The molecule has 0 amide bonds. The van der Waals surface area contributed by atoms with Crippen LogP contribution in [-0.2, 0) is 9.53 Å². The lowest BCUT2D eigenvalue weighted by Crippen LogP contribution is -2.31. The molecule has 1 heterocycles. The molecular formula is C6H10INO2. The molecule has 2 atom stereocenters. The molecule has 0 aromatic rings. The van der Waals surface area contributed by atoms with E-state index in [4.69, 9.17) is 0 Å². The molecule has 1 aliphatic rings. The van der Waals surface area contributed by atoms with E-state index in [0.29, 0.717) is 3.92 Å². The summed E-state index contributed by atoms with van der Waals surface area (Å²) in [5.41, 5.74) is 0. The first kappa shape index (κ1) is 8.26. The van der Waals surface area contributed by atoms with Crippen molar-refractivity contribution in [2.24, 2.45) is 0 Å². The monoisotopic (exact) mass is 255 g/mol. The number of methoxy groups -OCH3 is 1. The first-order chi connectivity index (χ1) is 4.74. The van der Waals surface area contributed by atoms with E-state index in [9.17, 15) is 4.79 Å². The Bertz CT molecular complexity index is 140. The number of rotatable bonds is 1. The van der Waals surface area contributed by atoms with E-state index in [0.717, 1.165) is 13.0 Å². The third-order valence-corrected chi connectivity index (χ3v) is 2.51. The summed E-state index contributed by atoms with van der Waals surface area (Å²) >= 11 is 2.33. The summed E-state index contributed by atoms with van der Waals surface area (Å²) in [6, 6.07) is -0.0631. The molecule has 58 valence electrons. The second kappa shape index (κ2) is 3.52. The smallest absolute Gasteiger partial charge is 0.322 e. The van der Waals surface area contributed by atoms with Gasteiger partial charge < -0.3 is 10.1 Å².